The average Bonchev–Trinajstić information content (AvgIpc) is 3.34. The number of rotatable bonds is 2. The van der Waals surface area contributed by atoms with Crippen LogP contribution in [-0.4, -0.2) is 34.9 Å². The van der Waals surface area contributed by atoms with Crippen molar-refractivity contribution in [1.29, 1.82) is 0 Å². The molecule has 3 aliphatic carbocycles. The summed E-state index contributed by atoms with van der Waals surface area (Å²) in [4.78, 5) is 15.0. The molecule has 23 heavy (non-hydrogen) atoms. The molecule has 4 aliphatic rings. The maximum absolute atomic E-state index is 12.3. The van der Waals surface area contributed by atoms with Crippen molar-refractivity contribution < 1.29 is 9.90 Å². The zero-order valence-corrected chi connectivity index (χ0v) is 13.6. The molecule has 2 saturated carbocycles. The number of carbonyl (C=O) groups excluding carboxylic acids is 1. The van der Waals surface area contributed by atoms with Crippen LogP contribution in [0.25, 0.3) is 0 Å². The summed E-state index contributed by atoms with van der Waals surface area (Å²) in [5.41, 5.74) is 2.67. The monoisotopic (exact) mass is 311 g/mol. The van der Waals surface area contributed by atoms with E-state index in [0.29, 0.717) is 29.9 Å². The maximum Gasteiger partial charge on any atom is 0.133 e. The molecule has 2 bridgehead atoms. The molecule has 3 atom stereocenters. The molecule has 3 fully saturated rings. The quantitative estimate of drug-likeness (QED) is 0.912. The van der Waals surface area contributed by atoms with Crippen molar-refractivity contribution in [3.63, 3.8) is 0 Å². The van der Waals surface area contributed by atoms with E-state index < -0.39 is 0 Å². The molecule has 3 nitrogen and oxygen atoms in total. The molecule has 1 N–H and O–H groups in total. The Morgan fingerprint density at radius 1 is 1.26 bits per heavy atom. The van der Waals surface area contributed by atoms with Gasteiger partial charge in [0.25, 0.3) is 0 Å². The van der Waals surface area contributed by atoms with Crippen LogP contribution in [0, 0.1) is 11.8 Å². The molecule has 0 spiro atoms. The second-order valence-corrected chi connectivity index (χ2v) is 8.32. The number of phenolic OH excluding ortho intramolecular Hbond substituents is 1. The van der Waals surface area contributed by atoms with Crippen molar-refractivity contribution in [2.24, 2.45) is 11.8 Å². The van der Waals surface area contributed by atoms with E-state index in [1.807, 2.05) is 12.1 Å². The molecule has 0 aromatic heterocycles. The zero-order chi connectivity index (χ0) is 15.6. The first-order chi connectivity index (χ1) is 11.2. The standard InChI is InChI=1S/C20H25NO2/c22-15-4-3-14-9-19-17-6-5-16(23)11-20(17,18(14)10-15)7-8-21(19)12-13-1-2-13/h3-4,10,13,17,19,22H,1-2,5-9,11-12H2/t17?,19?,20-/m0/s1. The second kappa shape index (κ2) is 4.83. The predicted octanol–water partition coefficient (Wildman–Crippen LogP) is 3.04. The zero-order valence-electron chi connectivity index (χ0n) is 13.6. The van der Waals surface area contributed by atoms with Gasteiger partial charge >= 0.3 is 0 Å². The van der Waals surface area contributed by atoms with E-state index in [9.17, 15) is 9.90 Å². The van der Waals surface area contributed by atoms with Gasteiger partial charge in [-0.15, -0.1) is 0 Å². The Bertz CT molecular complexity index is 666. The highest BCUT2D eigenvalue weighted by atomic mass is 16.3. The smallest absolute Gasteiger partial charge is 0.133 e. The highest BCUT2D eigenvalue weighted by molar-refractivity contribution is 5.81. The number of phenols is 1. The Hall–Kier alpha value is -1.35. The molecule has 5 rings (SSSR count). The Kier molecular flexibility index (Phi) is 2.94. The summed E-state index contributed by atoms with van der Waals surface area (Å²) in [6.45, 7) is 2.39. The molecule has 1 aromatic rings. The largest absolute Gasteiger partial charge is 0.508 e. The average molecular weight is 311 g/mol. The topological polar surface area (TPSA) is 40.5 Å². The number of likely N-dealkylation sites (tertiary alicyclic amines) is 1. The fourth-order valence-electron chi connectivity index (χ4n) is 5.75. The van der Waals surface area contributed by atoms with Gasteiger partial charge in [-0.25, -0.2) is 0 Å². The van der Waals surface area contributed by atoms with Crippen LogP contribution in [0.2, 0.25) is 0 Å². The van der Waals surface area contributed by atoms with Crippen molar-refractivity contribution in [2.75, 3.05) is 13.1 Å². The van der Waals surface area contributed by atoms with Gasteiger partial charge in [0.1, 0.15) is 11.5 Å². The van der Waals surface area contributed by atoms with Crippen LogP contribution < -0.4 is 0 Å². The molecule has 1 heterocycles. The van der Waals surface area contributed by atoms with Gasteiger partial charge < -0.3 is 5.11 Å². The lowest BCUT2D eigenvalue weighted by atomic mass is 9.52. The van der Waals surface area contributed by atoms with Crippen molar-refractivity contribution in [1.82, 2.24) is 4.90 Å². The summed E-state index contributed by atoms with van der Waals surface area (Å²) in [5, 5.41) is 10.0. The first-order valence-electron chi connectivity index (χ1n) is 9.24. The van der Waals surface area contributed by atoms with Gasteiger partial charge in [0.05, 0.1) is 0 Å². The van der Waals surface area contributed by atoms with Crippen LogP contribution >= 0.6 is 0 Å². The minimum absolute atomic E-state index is 0.00632. The molecule has 0 radical (unpaired) electrons. The number of benzene rings is 1. The van der Waals surface area contributed by atoms with Gasteiger partial charge in [-0.1, -0.05) is 6.07 Å². The fourth-order valence-corrected chi connectivity index (χ4v) is 5.75. The first-order valence-corrected chi connectivity index (χ1v) is 9.24. The number of fused-ring (bicyclic) bond motifs is 1. The second-order valence-electron chi connectivity index (χ2n) is 8.32. The van der Waals surface area contributed by atoms with Gasteiger partial charge in [0.15, 0.2) is 0 Å². The third-order valence-corrected chi connectivity index (χ3v) is 6.98. The van der Waals surface area contributed by atoms with Crippen LogP contribution in [0.1, 0.15) is 49.7 Å². The predicted molar refractivity (Wildman–Crippen MR) is 88.5 cm³/mol. The van der Waals surface area contributed by atoms with Crippen LogP contribution in [0.5, 0.6) is 5.75 Å². The molecular formula is C20H25NO2. The Morgan fingerprint density at radius 3 is 2.96 bits per heavy atom. The number of hydrogen-bond donors (Lipinski definition) is 1. The van der Waals surface area contributed by atoms with E-state index in [4.69, 9.17) is 0 Å². The number of ketones is 1. The lowest BCUT2D eigenvalue weighted by Crippen LogP contribution is -2.62. The van der Waals surface area contributed by atoms with E-state index in [0.717, 1.165) is 38.1 Å². The number of hydrogen-bond acceptors (Lipinski definition) is 3. The third-order valence-electron chi connectivity index (χ3n) is 6.98. The molecule has 2 unspecified atom stereocenters. The number of Topliss-reactive ketones (excluding diaryl/α,β-unsaturated/α-hetero) is 1. The Labute approximate surface area is 137 Å². The van der Waals surface area contributed by atoms with E-state index in [1.165, 1.54) is 30.5 Å². The van der Waals surface area contributed by atoms with Crippen molar-refractivity contribution in [3.05, 3.63) is 29.3 Å². The fraction of sp³-hybridized carbons (Fsp3) is 0.650. The van der Waals surface area contributed by atoms with Crippen molar-refractivity contribution >= 4 is 5.78 Å². The van der Waals surface area contributed by atoms with E-state index >= 15 is 0 Å². The normalized spacial score (nSPS) is 36.4. The first kappa shape index (κ1) is 14.0. The van der Waals surface area contributed by atoms with Gasteiger partial charge in [-0.3, -0.25) is 9.69 Å². The van der Waals surface area contributed by atoms with Gasteiger partial charge in [-0.2, -0.15) is 0 Å². The number of nitrogens with zero attached hydrogens (tertiary/aromatic N) is 1. The highest BCUT2D eigenvalue weighted by Crippen LogP contribution is 2.55. The van der Waals surface area contributed by atoms with Crippen LogP contribution in [0.3, 0.4) is 0 Å². The van der Waals surface area contributed by atoms with Crippen molar-refractivity contribution in [3.8, 4) is 5.75 Å². The summed E-state index contributed by atoms with van der Waals surface area (Å²) in [7, 11) is 0. The lowest BCUT2D eigenvalue weighted by Gasteiger charge is -2.58. The van der Waals surface area contributed by atoms with Gasteiger partial charge in [0, 0.05) is 30.8 Å². The summed E-state index contributed by atoms with van der Waals surface area (Å²) >= 11 is 0. The third kappa shape index (κ3) is 2.09. The van der Waals surface area contributed by atoms with E-state index in [1.54, 1.807) is 0 Å². The van der Waals surface area contributed by atoms with Gasteiger partial charge in [-0.05, 0) is 73.7 Å². The molecule has 122 valence electrons. The lowest BCUT2D eigenvalue weighted by molar-refractivity contribution is -0.127. The molecule has 1 saturated heterocycles. The number of aromatic hydroxyl groups is 1. The summed E-state index contributed by atoms with van der Waals surface area (Å²) in [6, 6.07) is 6.50. The SMILES string of the molecule is O=C1CCC2C3Cc4ccc(O)cc4[C@@]2(CCN3CC2CC2)C1. The molecule has 3 heteroatoms. The van der Waals surface area contributed by atoms with Crippen LogP contribution in [0.15, 0.2) is 18.2 Å². The maximum atomic E-state index is 12.3. The van der Waals surface area contributed by atoms with Gasteiger partial charge in [0.2, 0.25) is 0 Å². The van der Waals surface area contributed by atoms with E-state index in [-0.39, 0.29) is 5.41 Å². The molecule has 1 aromatic carbocycles. The summed E-state index contributed by atoms with van der Waals surface area (Å²) in [5.74, 6) is 2.30. The Morgan fingerprint density at radius 2 is 2.13 bits per heavy atom. The number of carbonyl (C=O) groups is 1. The molecule has 0 amide bonds. The highest BCUT2D eigenvalue weighted by Gasteiger charge is 2.55. The molecule has 1 aliphatic heterocycles. The van der Waals surface area contributed by atoms with Crippen LogP contribution in [0.4, 0.5) is 0 Å². The minimum atomic E-state index is 0.00632. The number of piperidine rings is 1. The van der Waals surface area contributed by atoms with E-state index in [2.05, 4.69) is 11.0 Å². The minimum Gasteiger partial charge on any atom is -0.508 e. The van der Waals surface area contributed by atoms with Crippen molar-refractivity contribution in [2.45, 2.75) is 56.4 Å². The Balaban J connectivity index is 1.60. The molecular weight excluding hydrogens is 286 g/mol. The van der Waals surface area contributed by atoms with Crippen LogP contribution in [-0.2, 0) is 16.6 Å². The summed E-state index contributed by atoms with van der Waals surface area (Å²) < 4.78 is 0. The summed E-state index contributed by atoms with van der Waals surface area (Å²) in [6.07, 6.45) is 7.49.